The molecule has 29 heavy (non-hydrogen) atoms. The fourth-order valence-electron chi connectivity index (χ4n) is 7.66. The summed E-state index contributed by atoms with van der Waals surface area (Å²) >= 11 is 0. The third-order valence-electron chi connectivity index (χ3n) is 8.55. The van der Waals surface area contributed by atoms with Crippen LogP contribution < -0.4 is 5.73 Å². The van der Waals surface area contributed by atoms with Gasteiger partial charge >= 0.3 is 5.97 Å². The Bertz CT molecular complexity index is 745. The van der Waals surface area contributed by atoms with Gasteiger partial charge in [-0.2, -0.15) is 5.26 Å². The van der Waals surface area contributed by atoms with E-state index < -0.39 is 11.6 Å². The van der Waals surface area contributed by atoms with Crippen molar-refractivity contribution in [2.75, 3.05) is 0 Å². The maximum atomic E-state index is 13.5. The van der Waals surface area contributed by atoms with E-state index in [-0.39, 0.29) is 29.4 Å². The number of likely N-dealkylation sites (tertiary alicyclic amines) is 1. The minimum atomic E-state index is -0.586. The van der Waals surface area contributed by atoms with Crippen molar-refractivity contribution in [1.82, 2.24) is 4.90 Å². The van der Waals surface area contributed by atoms with Crippen LogP contribution in [0, 0.1) is 34.5 Å². The number of fused-ring (bicyclic) bond motifs is 1. The molecule has 6 aliphatic rings. The standard InChI is InChI=1S/C23H33N3O3/c1-2-3-4-19(27)29-23-10-14-5-15(11-23)9-22(8-14,13-23)20(25)21(28)26-17(12-24)6-16-7-18(16)26/h14-18,20H,2-11,13,25H2,1H3. The van der Waals surface area contributed by atoms with Crippen molar-refractivity contribution in [3.05, 3.63) is 0 Å². The molecule has 1 aliphatic heterocycles. The number of nitriles is 1. The van der Waals surface area contributed by atoms with Gasteiger partial charge in [-0.05, 0) is 81.0 Å². The third-order valence-corrected chi connectivity index (χ3v) is 8.55. The first kappa shape index (κ1) is 19.4. The number of amides is 1. The summed E-state index contributed by atoms with van der Waals surface area (Å²) in [7, 11) is 0. The Hall–Kier alpha value is -1.61. The molecule has 0 spiro atoms. The Kier molecular flexibility index (Phi) is 4.47. The zero-order valence-corrected chi connectivity index (χ0v) is 17.4. The van der Waals surface area contributed by atoms with Gasteiger partial charge in [0.1, 0.15) is 11.6 Å². The van der Waals surface area contributed by atoms with Crippen molar-refractivity contribution in [2.24, 2.45) is 28.9 Å². The van der Waals surface area contributed by atoms with E-state index in [1.165, 1.54) is 6.42 Å². The van der Waals surface area contributed by atoms with Crippen LogP contribution in [-0.4, -0.2) is 40.5 Å². The van der Waals surface area contributed by atoms with Gasteiger partial charge in [0.05, 0.1) is 12.1 Å². The molecule has 0 aromatic rings. The van der Waals surface area contributed by atoms with Crippen LogP contribution in [0.2, 0.25) is 0 Å². The Labute approximate surface area is 173 Å². The molecular weight excluding hydrogens is 366 g/mol. The molecule has 158 valence electrons. The van der Waals surface area contributed by atoms with E-state index in [2.05, 4.69) is 13.0 Å². The second kappa shape index (κ2) is 6.70. The number of hydrogen-bond acceptors (Lipinski definition) is 5. The number of piperidine rings is 1. The SMILES string of the molecule is CCCCC(=O)OC12CC3CC(C1)CC(C(N)C(=O)N1C(C#N)CC4CC41)(C3)C2. The summed E-state index contributed by atoms with van der Waals surface area (Å²) in [6.45, 7) is 2.08. The lowest BCUT2D eigenvalue weighted by molar-refractivity contribution is -0.206. The molecule has 0 aromatic carbocycles. The molecule has 6 fully saturated rings. The second-order valence-corrected chi connectivity index (χ2v) is 10.8. The lowest BCUT2D eigenvalue weighted by Crippen LogP contribution is -2.65. The number of carbonyl (C=O) groups is 2. The molecule has 1 heterocycles. The van der Waals surface area contributed by atoms with E-state index in [1.54, 1.807) is 0 Å². The topological polar surface area (TPSA) is 96.4 Å². The van der Waals surface area contributed by atoms with Crippen molar-refractivity contribution < 1.29 is 14.3 Å². The minimum Gasteiger partial charge on any atom is -0.459 e. The first-order chi connectivity index (χ1) is 13.9. The molecule has 5 saturated carbocycles. The summed E-state index contributed by atoms with van der Waals surface area (Å²) in [6, 6.07) is 1.65. The predicted octanol–water partition coefficient (Wildman–Crippen LogP) is 2.90. The summed E-state index contributed by atoms with van der Waals surface area (Å²) in [5.41, 5.74) is 6.02. The number of unbranched alkanes of at least 4 members (excludes halogenated alkanes) is 1. The Balaban J connectivity index is 1.36. The van der Waals surface area contributed by atoms with Gasteiger partial charge in [-0.15, -0.1) is 0 Å². The first-order valence-corrected chi connectivity index (χ1v) is 11.6. The number of nitrogens with two attached hydrogens (primary N) is 1. The minimum absolute atomic E-state index is 0.0315. The van der Waals surface area contributed by atoms with Crippen LogP contribution in [-0.2, 0) is 14.3 Å². The van der Waals surface area contributed by atoms with Crippen molar-refractivity contribution in [3.63, 3.8) is 0 Å². The van der Waals surface area contributed by atoms with Gasteiger partial charge in [-0.25, -0.2) is 0 Å². The van der Waals surface area contributed by atoms with Gasteiger partial charge in [0.25, 0.3) is 0 Å². The maximum Gasteiger partial charge on any atom is 0.306 e. The Morgan fingerprint density at radius 2 is 1.93 bits per heavy atom. The van der Waals surface area contributed by atoms with Crippen molar-refractivity contribution in [1.29, 1.82) is 5.26 Å². The van der Waals surface area contributed by atoms with Crippen LogP contribution in [0.1, 0.15) is 77.6 Å². The largest absolute Gasteiger partial charge is 0.459 e. The molecule has 4 bridgehead atoms. The molecule has 1 amide bonds. The van der Waals surface area contributed by atoms with Crippen molar-refractivity contribution >= 4 is 11.9 Å². The highest BCUT2D eigenvalue weighted by Gasteiger charge is 2.64. The summed E-state index contributed by atoms with van der Waals surface area (Å²) in [5, 5.41) is 9.51. The van der Waals surface area contributed by atoms with Crippen molar-refractivity contribution in [2.45, 2.75) is 101 Å². The highest BCUT2D eigenvalue weighted by molar-refractivity contribution is 5.84. The molecule has 6 nitrogen and oxygen atoms in total. The van der Waals surface area contributed by atoms with E-state index in [9.17, 15) is 14.9 Å². The van der Waals surface area contributed by atoms with Crippen LogP contribution in [0.4, 0.5) is 0 Å². The lowest BCUT2D eigenvalue weighted by Gasteiger charge is -2.62. The van der Waals surface area contributed by atoms with Crippen LogP contribution in [0.5, 0.6) is 0 Å². The molecule has 0 aromatic heterocycles. The normalized spacial score (nSPS) is 44.9. The van der Waals surface area contributed by atoms with Gasteiger partial charge < -0.3 is 15.4 Å². The molecule has 6 unspecified atom stereocenters. The summed E-state index contributed by atoms with van der Waals surface area (Å²) in [5.74, 6) is 1.36. The summed E-state index contributed by atoms with van der Waals surface area (Å²) in [6.07, 6.45) is 9.82. The van der Waals surface area contributed by atoms with Crippen LogP contribution in [0.15, 0.2) is 0 Å². The average molecular weight is 400 g/mol. The highest BCUT2D eigenvalue weighted by Crippen LogP contribution is 2.64. The summed E-state index contributed by atoms with van der Waals surface area (Å²) < 4.78 is 6.13. The zero-order chi connectivity index (χ0) is 20.4. The smallest absolute Gasteiger partial charge is 0.306 e. The van der Waals surface area contributed by atoms with Crippen molar-refractivity contribution in [3.8, 4) is 6.07 Å². The average Bonchev–Trinajstić information content (AvgIpc) is 3.33. The number of nitrogens with zero attached hydrogens (tertiary/aromatic N) is 2. The highest BCUT2D eigenvalue weighted by atomic mass is 16.6. The first-order valence-electron chi connectivity index (χ1n) is 11.6. The van der Waals surface area contributed by atoms with Gasteiger partial charge in [-0.1, -0.05) is 13.3 Å². The molecule has 1 saturated heterocycles. The van der Waals surface area contributed by atoms with Gasteiger partial charge in [0.15, 0.2) is 0 Å². The Morgan fingerprint density at radius 1 is 1.21 bits per heavy atom. The lowest BCUT2D eigenvalue weighted by atomic mass is 9.46. The van der Waals surface area contributed by atoms with Crippen LogP contribution >= 0.6 is 0 Å². The molecule has 0 radical (unpaired) electrons. The fourth-order valence-corrected chi connectivity index (χ4v) is 7.66. The van der Waals surface area contributed by atoms with Crippen LogP contribution in [0.3, 0.4) is 0 Å². The summed E-state index contributed by atoms with van der Waals surface area (Å²) in [4.78, 5) is 27.8. The van der Waals surface area contributed by atoms with Gasteiger partial charge in [0, 0.05) is 12.5 Å². The Morgan fingerprint density at radius 3 is 2.59 bits per heavy atom. The van der Waals surface area contributed by atoms with E-state index in [0.717, 1.165) is 57.8 Å². The third kappa shape index (κ3) is 3.08. The van der Waals surface area contributed by atoms with Gasteiger partial charge in [0.2, 0.25) is 5.91 Å². The molecule has 2 N–H and O–H groups in total. The molecular formula is C23H33N3O3. The fraction of sp³-hybridized carbons (Fsp3) is 0.870. The van der Waals surface area contributed by atoms with E-state index in [0.29, 0.717) is 24.2 Å². The quantitative estimate of drug-likeness (QED) is 0.693. The second-order valence-electron chi connectivity index (χ2n) is 10.8. The number of hydrogen-bond donors (Lipinski definition) is 1. The predicted molar refractivity (Wildman–Crippen MR) is 106 cm³/mol. The van der Waals surface area contributed by atoms with E-state index in [1.807, 2.05) is 4.90 Å². The number of carbonyl (C=O) groups excluding carboxylic acids is 2. The number of rotatable bonds is 6. The van der Waals surface area contributed by atoms with Gasteiger partial charge in [-0.3, -0.25) is 9.59 Å². The van der Waals surface area contributed by atoms with E-state index >= 15 is 0 Å². The maximum absolute atomic E-state index is 13.5. The molecule has 6 rings (SSSR count). The molecule has 6 heteroatoms. The monoisotopic (exact) mass is 399 g/mol. The number of esters is 1. The zero-order valence-electron chi connectivity index (χ0n) is 17.4. The van der Waals surface area contributed by atoms with E-state index in [4.69, 9.17) is 10.5 Å². The van der Waals surface area contributed by atoms with Crippen LogP contribution in [0.25, 0.3) is 0 Å². The number of ether oxygens (including phenoxy) is 1. The molecule has 6 atom stereocenters. The molecule has 5 aliphatic carbocycles.